The van der Waals surface area contributed by atoms with Crippen molar-refractivity contribution in [1.82, 2.24) is 5.32 Å². The Labute approximate surface area is 168 Å². The molecular weight excluding hydrogens is 384 g/mol. The van der Waals surface area contributed by atoms with E-state index in [-0.39, 0.29) is 32.1 Å². The molecule has 0 saturated heterocycles. The van der Waals surface area contributed by atoms with E-state index in [1.807, 2.05) is 0 Å². The Morgan fingerprint density at radius 3 is 2.32 bits per heavy atom. The van der Waals surface area contributed by atoms with Crippen molar-refractivity contribution in [2.24, 2.45) is 0 Å². The molecule has 0 radical (unpaired) electrons. The van der Waals surface area contributed by atoms with Gasteiger partial charge in [-0.3, -0.25) is 14.4 Å². The first-order valence-corrected chi connectivity index (χ1v) is 8.97. The summed E-state index contributed by atoms with van der Waals surface area (Å²) >= 11 is 5.78. The van der Waals surface area contributed by atoms with Crippen molar-refractivity contribution in [2.45, 2.75) is 13.3 Å². The number of halogens is 1. The van der Waals surface area contributed by atoms with Gasteiger partial charge in [0.05, 0.1) is 13.0 Å². The molecule has 2 N–H and O–H groups in total. The zero-order chi connectivity index (χ0) is 20.4. The molecule has 7 nitrogen and oxygen atoms in total. The lowest BCUT2D eigenvalue weighted by atomic mass is 10.1. The predicted molar refractivity (Wildman–Crippen MR) is 105 cm³/mol. The van der Waals surface area contributed by atoms with E-state index in [4.69, 9.17) is 21.1 Å². The Balaban J connectivity index is 1.61. The third-order valence-corrected chi connectivity index (χ3v) is 3.75. The maximum Gasteiger partial charge on any atom is 0.310 e. The van der Waals surface area contributed by atoms with Crippen LogP contribution in [0.2, 0.25) is 5.02 Å². The van der Waals surface area contributed by atoms with E-state index < -0.39 is 11.9 Å². The molecule has 0 atom stereocenters. The maximum absolute atomic E-state index is 11.8. The highest BCUT2D eigenvalue weighted by atomic mass is 35.5. The van der Waals surface area contributed by atoms with Gasteiger partial charge in [-0.2, -0.15) is 0 Å². The first kappa shape index (κ1) is 21.2. The zero-order valence-corrected chi connectivity index (χ0v) is 16.1. The van der Waals surface area contributed by atoms with Crippen molar-refractivity contribution in [2.75, 3.05) is 25.1 Å². The van der Waals surface area contributed by atoms with Gasteiger partial charge in [0.2, 0.25) is 5.91 Å². The Kier molecular flexibility index (Phi) is 8.30. The summed E-state index contributed by atoms with van der Waals surface area (Å²) in [4.78, 5) is 34.5. The van der Waals surface area contributed by atoms with E-state index in [9.17, 15) is 14.4 Å². The fourth-order valence-corrected chi connectivity index (χ4v) is 2.34. The smallest absolute Gasteiger partial charge is 0.310 e. The van der Waals surface area contributed by atoms with E-state index in [1.165, 1.54) is 6.92 Å². The van der Waals surface area contributed by atoms with Gasteiger partial charge in [-0.05, 0) is 42.0 Å². The summed E-state index contributed by atoms with van der Waals surface area (Å²) in [6, 6.07) is 13.7. The molecule has 0 unspecified atom stereocenters. The van der Waals surface area contributed by atoms with Crippen LogP contribution in [0.25, 0.3) is 0 Å². The minimum Gasteiger partial charge on any atom is -0.492 e. The molecule has 0 aliphatic heterocycles. The molecule has 0 fully saturated rings. The summed E-state index contributed by atoms with van der Waals surface area (Å²) in [6.07, 6.45) is 0.0350. The lowest BCUT2D eigenvalue weighted by molar-refractivity contribution is -0.147. The van der Waals surface area contributed by atoms with Crippen molar-refractivity contribution in [1.29, 1.82) is 0 Å². The van der Waals surface area contributed by atoms with E-state index in [2.05, 4.69) is 10.6 Å². The molecule has 8 heteroatoms. The Bertz CT molecular complexity index is 806. The first-order valence-electron chi connectivity index (χ1n) is 8.59. The summed E-state index contributed by atoms with van der Waals surface area (Å²) in [7, 11) is 0. The molecule has 2 rings (SSSR count). The van der Waals surface area contributed by atoms with Gasteiger partial charge >= 0.3 is 5.97 Å². The number of amides is 2. The molecule has 0 bridgehead atoms. The van der Waals surface area contributed by atoms with E-state index in [0.717, 1.165) is 5.56 Å². The molecule has 28 heavy (non-hydrogen) atoms. The van der Waals surface area contributed by atoms with Gasteiger partial charge in [-0.25, -0.2) is 0 Å². The summed E-state index contributed by atoms with van der Waals surface area (Å²) < 4.78 is 10.4. The molecule has 148 valence electrons. The number of hydrogen-bond donors (Lipinski definition) is 2. The van der Waals surface area contributed by atoms with E-state index >= 15 is 0 Å². The van der Waals surface area contributed by atoms with Gasteiger partial charge in [0.1, 0.15) is 12.4 Å². The van der Waals surface area contributed by atoms with Crippen molar-refractivity contribution in [3.63, 3.8) is 0 Å². The van der Waals surface area contributed by atoms with Crippen LogP contribution in [0.15, 0.2) is 48.5 Å². The lowest BCUT2D eigenvalue weighted by Gasteiger charge is -2.09. The number of carbonyl (C=O) groups is 3. The monoisotopic (exact) mass is 404 g/mol. The first-order chi connectivity index (χ1) is 13.4. The van der Waals surface area contributed by atoms with Crippen molar-refractivity contribution < 1.29 is 23.9 Å². The average Bonchev–Trinajstić information content (AvgIpc) is 2.66. The van der Waals surface area contributed by atoms with Crippen LogP contribution in [0.4, 0.5) is 5.69 Å². The quantitative estimate of drug-likeness (QED) is 0.495. The van der Waals surface area contributed by atoms with E-state index in [1.54, 1.807) is 48.5 Å². The topological polar surface area (TPSA) is 93.7 Å². The second-order valence-electron chi connectivity index (χ2n) is 5.87. The minimum absolute atomic E-state index is 0.0350. The number of hydrogen-bond acceptors (Lipinski definition) is 5. The fourth-order valence-electron chi connectivity index (χ4n) is 2.21. The van der Waals surface area contributed by atoms with Crippen molar-refractivity contribution >= 4 is 35.1 Å². The van der Waals surface area contributed by atoms with E-state index in [0.29, 0.717) is 16.5 Å². The third-order valence-electron chi connectivity index (χ3n) is 3.49. The molecule has 2 aromatic carbocycles. The van der Waals surface area contributed by atoms with Gasteiger partial charge in [0, 0.05) is 17.6 Å². The van der Waals surface area contributed by atoms with Gasteiger partial charge in [-0.1, -0.05) is 23.7 Å². The van der Waals surface area contributed by atoms with Crippen LogP contribution in [0.3, 0.4) is 0 Å². The minimum atomic E-state index is -0.514. The standard InChI is InChI=1S/C20H21ClN2O5/c1-14(24)23-17-6-2-15(3-7-17)12-20(26)28-13-19(25)22-10-11-27-18-8-4-16(21)5-9-18/h2-9H,10-13H2,1H3,(H,22,25)(H,23,24). The molecule has 0 spiro atoms. The number of anilines is 1. The summed E-state index contributed by atoms with van der Waals surface area (Å²) in [5.41, 5.74) is 1.36. The molecule has 0 aromatic heterocycles. The van der Waals surface area contributed by atoms with Gasteiger partial charge in [0.25, 0.3) is 5.91 Å². The highest BCUT2D eigenvalue weighted by molar-refractivity contribution is 6.30. The Hall–Kier alpha value is -3.06. The fraction of sp³-hybridized carbons (Fsp3) is 0.250. The van der Waals surface area contributed by atoms with Crippen molar-refractivity contribution in [3.8, 4) is 5.75 Å². The van der Waals surface area contributed by atoms with Crippen LogP contribution in [0.5, 0.6) is 5.75 Å². The number of rotatable bonds is 9. The molecule has 0 heterocycles. The molecule has 0 aliphatic carbocycles. The highest BCUT2D eigenvalue weighted by Gasteiger charge is 2.09. The molecule has 2 aromatic rings. The maximum atomic E-state index is 11.8. The second kappa shape index (κ2) is 10.9. The van der Waals surface area contributed by atoms with Crippen LogP contribution in [-0.2, 0) is 25.5 Å². The van der Waals surface area contributed by atoms with Crippen LogP contribution >= 0.6 is 11.6 Å². The van der Waals surface area contributed by atoms with Crippen LogP contribution in [0.1, 0.15) is 12.5 Å². The second-order valence-corrected chi connectivity index (χ2v) is 6.30. The summed E-state index contributed by atoms with van der Waals surface area (Å²) in [5, 5.41) is 5.86. The Morgan fingerprint density at radius 1 is 1.00 bits per heavy atom. The normalized spacial score (nSPS) is 10.1. The SMILES string of the molecule is CC(=O)Nc1ccc(CC(=O)OCC(=O)NCCOc2ccc(Cl)cc2)cc1. The van der Waals surface area contributed by atoms with Gasteiger partial charge < -0.3 is 20.1 Å². The van der Waals surface area contributed by atoms with Crippen molar-refractivity contribution in [3.05, 3.63) is 59.1 Å². The number of ether oxygens (including phenoxy) is 2. The van der Waals surface area contributed by atoms with Crippen LogP contribution < -0.4 is 15.4 Å². The lowest BCUT2D eigenvalue weighted by Crippen LogP contribution is -2.32. The number of carbonyl (C=O) groups excluding carboxylic acids is 3. The van der Waals surface area contributed by atoms with Crippen LogP contribution in [-0.4, -0.2) is 37.5 Å². The number of nitrogens with one attached hydrogen (secondary N) is 2. The predicted octanol–water partition coefficient (Wildman–Crippen LogP) is 2.58. The summed E-state index contributed by atoms with van der Waals surface area (Å²) in [6.45, 7) is 1.62. The molecular formula is C20H21ClN2O5. The highest BCUT2D eigenvalue weighted by Crippen LogP contribution is 2.15. The average molecular weight is 405 g/mol. The molecule has 2 amide bonds. The number of esters is 1. The summed E-state index contributed by atoms with van der Waals surface area (Å²) in [5.74, 6) is -0.444. The molecule has 0 saturated carbocycles. The van der Waals surface area contributed by atoms with Crippen LogP contribution in [0, 0.1) is 0 Å². The third kappa shape index (κ3) is 8.09. The number of benzene rings is 2. The zero-order valence-electron chi connectivity index (χ0n) is 15.4. The largest absolute Gasteiger partial charge is 0.492 e. The molecule has 0 aliphatic rings. The van der Waals surface area contributed by atoms with Gasteiger partial charge in [-0.15, -0.1) is 0 Å². The van der Waals surface area contributed by atoms with Gasteiger partial charge in [0.15, 0.2) is 6.61 Å². The Morgan fingerprint density at radius 2 is 1.68 bits per heavy atom.